The second kappa shape index (κ2) is 16.8. The molecule has 5 aromatic rings. The number of aryl methyl sites for hydroxylation is 1. The zero-order valence-electron chi connectivity index (χ0n) is 29.1. The lowest BCUT2D eigenvalue weighted by Gasteiger charge is -2.30. The minimum absolute atomic E-state index is 0.0292. The third kappa shape index (κ3) is 8.77. The average Bonchev–Trinajstić information content (AvgIpc) is 3.58. The van der Waals surface area contributed by atoms with Gasteiger partial charge in [0.15, 0.2) is 21.5 Å². The van der Waals surface area contributed by atoms with Crippen LogP contribution < -0.4 is 15.6 Å². The van der Waals surface area contributed by atoms with E-state index in [1.54, 1.807) is 54.6 Å². The van der Waals surface area contributed by atoms with Crippen molar-refractivity contribution in [3.05, 3.63) is 156 Å². The van der Waals surface area contributed by atoms with Gasteiger partial charge in [0.2, 0.25) is 5.90 Å². The minimum atomic E-state index is -3.79. The van der Waals surface area contributed by atoms with Gasteiger partial charge in [0.25, 0.3) is 5.91 Å². The molecule has 0 saturated carbocycles. The second-order valence-electron chi connectivity index (χ2n) is 12.8. The number of hydrazine groups is 1. The van der Waals surface area contributed by atoms with E-state index in [4.69, 9.17) is 19.6 Å². The quantitative estimate of drug-likeness (QED) is 0.0796. The number of nitrogens with one attached hydrogen (secondary N) is 2. The van der Waals surface area contributed by atoms with Crippen molar-refractivity contribution in [3.8, 4) is 16.9 Å². The summed E-state index contributed by atoms with van der Waals surface area (Å²) in [5.41, 5.74) is 9.85. The summed E-state index contributed by atoms with van der Waals surface area (Å²) >= 11 is 0. The molecule has 10 heteroatoms. The highest BCUT2D eigenvalue weighted by Gasteiger charge is 2.53. The van der Waals surface area contributed by atoms with Crippen molar-refractivity contribution >= 4 is 21.6 Å². The Hall–Kier alpha value is -5.29. The summed E-state index contributed by atoms with van der Waals surface area (Å²) in [6.07, 6.45) is 0.0768. The third-order valence-corrected chi connectivity index (χ3v) is 10.8. The number of carbonyl (C=O) groups is 1. The van der Waals surface area contributed by atoms with Crippen molar-refractivity contribution in [1.29, 1.82) is 0 Å². The molecule has 5 aromatic carbocycles. The lowest BCUT2D eigenvalue weighted by Crippen LogP contribution is -2.53. The Bertz CT molecular complexity index is 2060. The Morgan fingerprint density at radius 1 is 0.827 bits per heavy atom. The fourth-order valence-electron chi connectivity index (χ4n) is 6.10. The maximum atomic E-state index is 14.5. The van der Waals surface area contributed by atoms with Crippen LogP contribution in [0.15, 0.2) is 143 Å². The molecule has 0 aliphatic carbocycles. The Morgan fingerprint density at radius 2 is 1.46 bits per heavy atom. The van der Waals surface area contributed by atoms with E-state index in [0.29, 0.717) is 42.9 Å². The van der Waals surface area contributed by atoms with Gasteiger partial charge in [-0.15, -0.1) is 0 Å². The highest BCUT2D eigenvalue weighted by atomic mass is 32.2. The summed E-state index contributed by atoms with van der Waals surface area (Å²) in [5.74, 6) is -0.0224. The number of ether oxygens (including phenoxy) is 2. The van der Waals surface area contributed by atoms with E-state index in [9.17, 15) is 13.2 Å². The Labute approximate surface area is 305 Å². The van der Waals surface area contributed by atoms with Crippen LogP contribution in [-0.2, 0) is 25.8 Å². The van der Waals surface area contributed by atoms with Crippen molar-refractivity contribution in [2.45, 2.75) is 42.7 Å². The molecule has 0 spiro atoms. The van der Waals surface area contributed by atoms with Crippen LogP contribution in [0.25, 0.3) is 11.1 Å². The van der Waals surface area contributed by atoms with E-state index in [0.717, 1.165) is 16.7 Å². The lowest BCUT2D eigenvalue weighted by atomic mass is 9.84. The molecule has 0 unspecified atom stereocenters. The van der Waals surface area contributed by atoms with E-state index in [1.807, 2.05) is 85.8 Å². The lowest BCUT2D eigenvalue weighted by molar-refractivity contribution is -0.130. The number of sulfone groups is 1. The van der Waals surface area contributed by atoms with Gasteiger partial charge in [0.1, 0.15) is 5.75 Å². The van der Waals surface area contributed by atoms with Gasteiger partial charge in [-0.3, -0.25) is 10.2 Å². The number of hydrogen-bond donors (Lipinski definition) is 3. The summed E-state index contributed by atoms with van der Waals surface area (Å²) in [6, 6.07) is 41.2. The van der Waals surface area contributed by atoms with Crippen LogP contribution in [0.4, 0.5) is 0 Å². The average molecular weight is 718 g/mol. The van der Waals surface area contributed by atoms with Gasteiger partial charge in [-0.2, -0.15) is 0 Å². The van der Waals surface area contributed by atoms with E-state index >= 15 is 0 Å². The summed E-state index contributed by atoms with van der Waals surface area (Å²) in [4.78, 5) is 19.7. The summed E-state index contributed by atoms with van der Waals surface area (Å²) in [6.45, 7) is 2.87. The first kappa shape index (κ1) is 36.5. The maximum absolute atomic E-state index is 14.5. The van der Waals surface area contributed by atoms with Crippen molar-refractivity contribution in [3.63, 3.8) is 0 Å². The molecule has 0 aromatic heterocycles. The minimum Gasteiger partial charge on any atom is -0.494 e. The molecule has 1 aliphatic rings. The highest BCUT2D eigenvalue weighted by Crippen LogP contribution is 2.43. The number of aliphatic hydroxyl groups excluding tert-OH is 1. The van der Waals surface area contributed by atoms with Gasteiger partial charge >= 0.3 is 0 Å². The van der Waals surface area contributed by atoms with E-state index in [2.05, 4.69) is 10.9 Å². The van der Waals surface area contributed by atoms with Crippen LogP contribution in [0, 0.1) is 6.92 Å². The number of carbonyl (C=O) groups excluding carboxylic acids is 1. The van der Waals surface area contributed by atoms with Gasteiger partial charge in [-0.25, -0.2) is 18.8 Å². The van der Waals surface area contributed by atoms with E-state index in [1.165, 1.54) is 5.56 Å². The van der Waals surface area contributed by atoms with Crippen molar-refractivity contribution in [2.24, 2.45) is 4.99 Å². The standard InChI is InChI=1S/C42H43N3O6S/c1-31-13-15-32(16-14-31)25-27-43-45-41(47)42(26-30-52(48,49)38-11-6-3-7-12-38)39(35-19-17-34(18-20-35)33-9-4-2-5-10-33)51-40(44-42)36-21-23-37(24-22-36)50-29-8-28-46/h2-7,9-24,39,43,46H,8,25-30H2,1H3,(H,45,47)/t39-,42-/m0/s1. The SMILES string of the molecule is Cc1ccc(CCNNC(=O)[C@@]2(CCS(=O)(=O)c3ccccc3)N=C(c3ccc(OCCCO)cc3)O[C@H]2c2ccc(-c3ccccc3)cc2)cc1. The van der Waals surface area contributed by atoms with Gasteiger partial charge in [0.05, 0.1) is 17.3 Å². The van der Waals surface area contributed by atoms with Gasteiger partial charge in [0, 0.05) is 31.6 Å². The molecule has 2 atom stereocenters. The molecule has 0 bridgehead atoms. The molecule has 1 amide bonds. The Kier molecular flexibility index (Phi) is 11.8. The fourth-order valence-corrected chi connectivity index (χ4v) is 7.49. The zero-order valence-corrected chi connectivity index (χ0v) is 29.9. The van der Waals surface area contributed by atoms with Crippen molar-refractivity contribution < 1.29 is 27.8 Å². The number of nitrogens with zero attached hydrogens (tertiary/aromatic N) is 1. The van der Waals surface area contributed by atoms with E-state index in [-0.39, 0.29) is 29.6 Å². The number of aliphatic hydroxyl groups is 1. The largest absolute Gasteiger partial charge is 0.494 e. The summed E-state index contributed by atoms with van der Waals surface area (Å²) < 4.78 is 39.7. The Balaban J connectivity index is 1.35. The van der Waals surface area contributed by atoms with Crippen LogP contribution in [0.2, 0.25) is 0 Å². The molecule has 6 rings (SSSR count). The number of hydrogen-bond acceptors (Lipinski definition) is 8. The van der Waals surface area contributed by atoms with Gasteiger partial charge < -0.3 is 14.6 Å². The third-order valence-electron chi connectivity index (χ3n) is 9.07. The molecular formula is C42H43N3O6S. The normalized spacial score (nSPS) is 16.9. The topological polar surface area (TPSA) is 126 Å². The number of rotatable bonds is 16. The first-order chi connectivity index (χ1) is 25.3. The van der Waals surface area contributed by atoms with Crippen LogP contribution in [0.3, 0.4) is 0 Å². The molecule has 0 radical (unpaired) electrons. The zero-order chi connectivity index (χ0) is 36.4. The van der Waals surface area contributed by atoms with E-state index < -0.39 is 27.4 Å². The Morgan fingerprint density at radius 3 is 2.13 bits per heavy atom. The smallest absolute Gasteiger partial charge is 0.266 e. The summed E-state index contributed by atoms with van der Waals surface area (Å²) in [7, 11) is -3.79. The van der Waals surface area contributed by atoms with Crippen LogP contribution >= 0.6 is 0 Å². The number of amides is 1. The van der Waals surface area contributed by atoms with Crippen LogP contribution in [-0.4, -0.2) is 56.4 Å². The molecule has 1 aliphatic heterocycles. The first-order valence-electron chi connectivity index (χ1n) is 17.4. The molecule has 0 fully saturated rings. The van der Waals surface area contributed by atoms with Gasteiger partial charge in [-0.05, 0) is 72.0 Å². The predicted octanol–water partition coefficient (Wildman–Crippen LogP) is 6.41. The monoisotopic (exact) mass is 717 g/mol. The fraction of sp³-hybridized carbons (Fsp3) is 0.238. The molecule has 268 valence electrons. The van der Waals surface area contributed by atoms with Crippen molar-refractivity contribution in [1.82, 2.24) is 10.9 Å². The van der Waals surface area contributed by atoms with Crippen LogP contribution in [0.1, 0.15) is 41.2 Å². The number of benzene rings is 5. The second-order valence-corrected chi connectivity index (χ2v) is 14.9. The molecule has 3 N–H and O–H groups in total. The molecule has 9 nitrogen and oxygen atoms in total. The van der Waals surface area contributed by atoms with Gasteiger partial charge in [-0.1, -0.05) is 103 Å². The summed E-state index contributed by atoms with van der Waals surface area (Å²) in [5, 5.41) is 9.12. The highest BCUT2D eigenvalue weighted by molar-refractivity contribution is 7.91. The molecule has 0 saturated heterocycles. The molecule has 1 heterocycles. The van der Waals surface area contributed by atoms with Crippen molar-refractivity contribution in [2.75, 3.05) is 25.5 Å². The maximum Gasteiger partial charge on any atom is 0.266 e. The molecule has 52 heavy (non-hydrogen) atoms. The van der Waals surface area contributed by atoms with Crippen LogP contribution in [0.5, 0.6) is 5.75 Å². The first-order valence-corrected chi connectivity index (χ1v) is 19.1. The number of aliphatic imine (C=N–C) groups is 1. The molecular weight excluding hydrogens is 675 g/mol. The predicted molar refractivity (Wildman–Crippen MR) is 203 cm³/mol.